The predicted molar refractivity (Wildman–Crippen MR) is 69.5 cm³/mol. The summed E-state index contributed by atoms with van der Waals surface area (Å²) in [6.07, 6.45) is 6.71. The molecule has 7 nitrogen and oxygen atoms in total. The average Bonchev–Trinajstić information content (AvgIpc) is 3.08. The Morgan fingerprint density at radius 3 is 3.11 bits per heavy atom. The molecular formula is C12H12N6O. The fourth-order valence-corrected chi connectivity index (χ4v) is 1.76. The van der Waals surface area contributed by atoms with Gasteiger partial charge >= 0.3 is 0 Å². The molecule has 0 radical (unpaired) electrons. The predicted octanol–water partition coefficient (Wildman–Crippen LogP) is 1.55. The number of H-pyrrole nitrogens is 1. The molecule has 7 heteroatoms. The van der Waals surface area contributed by atoms with Gasteiger partial charge in [0.1, 0.15) is 28.8 Å². The lowest BCUT2D eigenvalue weighted by atomic mass is 10.3. The molecule has 3 rings (SSSR count). The van der Waals surface area contributed by atoms with Crippen molar-refractivity contribution in [1.82, 2.24) is 29.7 Å². The molecule has 0 bridgehead atoms. The number of imidazole rings is 1. The zero-order chi connectivity index (χ0) is 13.2. The van der Waals surface area contributed by atoms with Crippen LogP contribution in [-0.2, 0) is 4.74 Å². The molecule has 0 atom stereocenters. The van der Waals surface area contributed by atoms with Crippen LogP contribution < -0.4 is 0 Å². The van der Waals surface area contributed by atoms with Crippen LogP contribution in [0.4, 0.5) is 0 Å². The average molecular weight is 256 g/mol. The monoisotopic (exact) mass is 256 g/mol. The van der Waals surface area contributed by atoms with Crippen LogP contribution in [0.5, 0.6) is 0 Å². The lowest BCUT2D eigenvalue weighted by Gasteiger charge is -2.08. The first-order valence-electron chi connectivity index (χ1n) is 5.81. The molecule has 0 aliphatic carbocycles. The first-order chi connectivity index (χ1) is 9.29. The van der Waals surface area contributed by atoms with Crippen molar-refractivity contribution in [2.45, 2.75) is 6.92 Å². The molecule has 1 N–H and O–H groups in total. The minimum Gasteiger partial charge on any atom is -0.492 e. The van der Waals surface area contributed by atoms with E-state index in [0.29, 0.717) is 35.0 Å². The van der Waals surface area contributed by atoms with Crippen LogP contribution >= 0.6 is 0 Å². The number of nitrogens with zero attached hydrogens (tertiary/aromatic N) is 5. The van der Waals surface area contributed by atoms with Crippen molar-refractivity contribution >= 4 is 16.8 Å². The molecule has 19 heavy (non-hydrogen) atoms. The Bertz CT molecular complexity index is 715. The maximum atomic E-state index is 5.42. The van der Waals surface area contributed by atoms with Crippen LogP contribution in [-0.4, -0.2) is 36.3 Å². The molecular weight excluding hydrogens is 244 g/mol. The third-order valence-electron chi connectivity index (χ3n) is 2.61. The van der Waals surface area contributed by atoms with E-state index in [0.717, 1.165) is 0 Å². The van der Waals surface area contributed by atoms with E-state index < -0.39 is 0 Å². The van der Waals surface area contributed by atoms with Crippen LogP contribution in [0, 0.1) is 0 Å². The maximum Gasteiger partial charge on any atom is 0.236 e. The number of aromatic amines is 1. The largest absolute Gasteiger partial charge is 0.492 e. The van der Waals surface area contributed by atoms with Crippen LogP contribution in [0.1, 0.15) is 12.6 Å². The summed E-state index contributed by atoms with van der Waals surface area (Å²) in [6.45, 7) is 6.30. The minimum absolute atomic E-state index is 0.487. The fraction of sp³-hybridized carbons (Fsp3) is 0.167. The molecule has 0 aromatic carbocycles. The van der Waals surface area contributed by atoms with E-state index in [1.165, 1.54) is 0 Å². The second-order valence-corrected chi connectivity index (χ2v) is 3.83. The number of hydrogen-bond donors (Lipinski definition) is 1. The molecule has 0 aliphatic rings. The van der Waals surface area contributed by atoms with E-state index in [4.69, 9.17) is 4.74 Å². The Kier molecular flexibility index (Phi) is 2.71. The van der Waals surface area contributed by atoms with Crippen molar-refractivity contribution in [2.75, 3.05) is 6.61 Å². The molecule has 96 valence electrons. The second kappa shape index (κ2) is 4.52. The van der Waals surface area contributed by atoms with Gasteiger partial charge in [-0.25, -0.2) is 15.0 Å². The van der Waals surface area contributed by atoms with E-state index in [1.54, 1.807) is 29.5 Å². The molecule has 0 aliphatic heterocycles. The molecule has 3 aromatic rings. The minimum atomic E-state index is 0.487. The van der Waals surface area contributed by atoms with Gasteiger partial charge in [0, 0.05) is 12.4 Å². The van der Waals surface area contributed by atoms with Crippen molar-refractivity contribution in [3.63, 3.8) is 0 Å². The Morgan fingerprint density at radius 2 is 2.37 bits per heavy atom. The van der Waals surface area contributed by atoms with Gasteiger partial charge in [-0.2, -0.15) is 5.10 Å². The van der Waals surface area contributed by atoms with Crippen molar-refractivity contribution < 1.29 is 4.74 Å². The molecule has 0 amide bonds. The lowest BCUT2D eigenvalue weighted by molar-refractivity contribution is 0.298. The van der Waals surface area contributed by atoms with Crippen molar-refractivity contribution in [2.24, 2.45) is 0 Å². The lowest BCUT2D eigenvalue weighted by Crippen LogP contribution is -2.04. The highest BCUT2D eigenvalue weighted by Gasteiger charge is 2.13. The number of rotatable bonds is 4. The standard InChI is InChI=1S/C12H12N6O/c1-3-19-8(2)10-11-9(6-14-17-11)15-12(16-10)18-5-4-13-7-18/h4-7H,2-3H2,1H3,(H,14,17). The summed E-state index contributed by atoms with van der Waals surface area (Å²) in [5, 5.41) is 6.84. The molecule has 0 spiro atoms. The van der Waals surface area contributed by atoms with Gasteiger partial charge in [-0.15, -0.1) is 0 Å². The summed E-state index contributed by atoms with van der Waals surface area (Å²) in [7, 11) is 0. The third-order valence-corrected chi connectivity index (χ3v) is 2.61. The Labute approximate surface area is 109 Å². The van der Waals surface area contributed by atoms with Gasteiger partial charge < -0.3 is 4.74 Å². The van der Waals surface area contributed by atoms with Crippen LogP contribution in [0.2, 0.25) is 0 Å². The number of nitrogens with one attached hydrogen (secondary N) is 1. The zero-order valence-corrected chi connectivity index (χ0v) is 10.4. The summed E-state index contributed by atoms with van der Waals surface area (Å²) in [6, 6.07) is 0. The third kappa shape index (κ3) is 1.95. The van der Waals surface area contributed by atoms with Crippen LogP contribution in [0.3, 0.4) is 0 Å². The number of hydrogen-bond acceptors (Lipinski definition) is 5. The van der Waals surface area contributed by atoms with Gasteiger partial charge in [-0.3, -0.25) is 9.67 Å². The van der Waals surface area contributed by atoms with Gasteiger partial charge in [0.25, 0.3) is 0 Å². The van der Waals surface area contributed by atoms with E-state index in [2.05, 4.69) is 31.7 Å². The highest BCUT2D eigenvalue weighted by molar-refractivity contribution is 5.84. The number of ether oxygens (including phenoxy) is 1. The van der Waals surface area contributed by atoms with Crippen LogP contribution in [0.15, 0.2) is 31.5 Å². The van der Waals surface area contributed by atoms with Gasteiger partial charge in [-0.1, -0.05) is 6.58 Å². The normalized spacial score (nSPS) is 10.8. The molecule has 0 saturated carbocycles. The van der Waals surface area contributed by atoms with E-state index in [-0.39, 0.29) is 0 Å². The van der Waals surface area contributed by atoms with E-state index in [9.17, 15) is 0 Å². The fourth-order valence-electron chi connectivity index (χ4n) is 1.76. The maximum absolute atomic E-state index is 5.42. The van der Waals surface area contributed by atoms with Gasteiger partial charge in [-0.05, 0) is 6.92 Å². The Balaban J connectivity index is 2.18. The van der Waals surface area contributed by atoms with Crippen molar-refractivity contribution in [3.05, 3.63) is 37.2 Å². The van der Waals surface area contributed by atoms with Gasteiger partial charge in [0.2, 0.25) is 5.95 Å². The van der Waals surface area contributed by atoms with Crippen LogP contribution in [0.25, 0.3) is 22.7 Å². The highest BCUT2D eigenvalue weighted by Crippen LogP contribution is 2.21. The molecule has 0 fully saturated rings. The second-order valence-electron chi connectivity index (χ2n) is 3.83. The Morgan fingerprint density at radius 1 is 1.47 bits per heavy atom. The van der Waals surface area contributed by atoms with Crippen molar-refractivity contribution in [1.29, 1.82) is 0 Å². The SMILES string of the molecule is C=C(OCC)c1nc(-n2ccnc2)nc2cn[nH]c12. The highest BCUT2D eigenvalue weighted by atomic mass is 16.5. The molecule has 3 heterocycles. The topological polar surface area (TPSA) is 81.5 Å². The summed E-state index contributed by atoms with van der Waals surface area (Å²) < 4.78 is 7.14. The first kappa shape index (κ1) is 11.4. The Hall–Kier alpha value is -2.70. The zero-order valence-electron chi connectivity index (χ0n) is 10.4. The molecule has 0 unspecified atom stereocenters. The van der Waals surface area contributed by atoms with Gasteiger partial charge in [0.05, 0.1) is 12.8 Å². The number of aromatic nitrogens is 6. The first-order valence-corrected chi connectivity index (χ1v) is 5.81. The van der Waals surface area contributed by atoms with Crippen molar-refractivity contribution in [3.8, 4) is 5.95 Å². The summed E-state index contributed by atoms with van der Waals surface area (Å²) in [5.74, 6) is 0.989. The van der Waals surface area contributed by atoms with Gasteiger partial charge in [0.15, 0.2) is 0 Å². The van der Waals surface area contributed by atoms with E-state index in [1.807, 2.05) is 6.92 Å². The smallest absolute Gasteiger partial charge is 0.236 e. The number of fused-ring (bicyclic) bond motifs is 1. The molecule has 3 aromatic heterocycles. The molecule has 0 saturated heterocycles. The summed E-state index contributed by atoms with van der Waals surface area (Å²) >= 11 is 0. The summed E-state index contributed by atoms with van der Waals surface area (Å²) in [4.78, 5) is 12.8. The summed E-state index contributed by atoms with van der Waals surface area (Å²) in [5.41, 5.74) is 2.02. The van der Waals surface area contributed by atoms with E-state index >= 15 is 0 Å². The quantitative estimate of drug-likeness (QED) is 0.716.